The van der Waals surface area contributed by atoms with E-state index in [2.05, 4.69) is 20.6 Å². The number of fused-ring (bicyclic) bond motifs is 2. The zero-order valence-electron chi connectivity index (χ0n) is 19.6. The van der Waals surface area contributed by atoms with E-state index in [1.807, 2.05) is 18.2 Å². The number of hydrogen-bond donors (Lipinski definition) is 2. The Labute approximate surface area is 215 Å². The number of carbonyl (C=O) groups excluding carboxylic acids is 1. The molecule has 7 rings (SSSR count). The Kier molecular flexibility index (Phi) is 4.99. The fourth-order valence-corrected chi connectivity index (χ4v) is 5.91. The molecule has 9 heteroatoms. The van der Waals surface area contributed by atoms with Crippen LogP contribution in [0.25, 0.3) is 32.2 Å². The molecular formula is C28H21F2N5OS. The third-order valence-electron chi connectivity index (χ3n) is 7.31. The number of rotatable bonds is 4. The summed E-state index contributed by atoms with van der Waals surface area (Å²) >= 11 is 1.57. The Hall–Kier alpha value is -3.95. The molecule has 0 aliphatic carbocycles. The van der Waals surface area contributed by atoms with Crippen molar-refractivity contribution in [3.05, 3.63) is 83.5 Å². The lowest BCUT2D eigenvalue weighted by Crippen LogP contribution is -2.71. The molecule has 5 aromatic rings. The minimum atomic E-state index is -0.643. The van der Waals surface area contributed by atoms with Crippen molar-refractivity contribution in [2.24, 2.45) is 5.41 Å². The third-order valence-corrected chi connectivity index (χ3v) is 8.12. The molecule has 2 aromatic heterocycles. The summed E-state index contributed by atoms with van der Waals surface area (Å²) in [6.45, 7) is 3.19. The molecule has 0 saturated carbocycles. The van der Waals surface area contributed by atoms with Crippen LogP contribution in [0.15, 0.2) is 66.3 Å². The number of benzene rings is 3. The van der Waals surface area contributed by atoms with Crippen molar-refractivity contribution in [1.82, 2.24) is 20.2 Å². The predicted octanol–water partition coefficient (Wildman–Crippen LogP) is 5.58. The fourth-order valence-electron chi connectivity index (χ4n) is 5.25. The zero-order valence-corrected chi connectivity index (χ0v) is 20.4. The maximum Gasteiger partial charge on any atom is 0.253 e. The summed E-state index contributed by atoms with van der Waals surface area (Å²) in [6, 6.07) is 15.2. The number of thiazole rings is 1. The van der Waals surface area contributed by atoms with Crippen LogP contribution in [0.5, 0.6) is 0 Å². The van der Waals surface area contributed by atoms with Crippen molar-refractivity contribution >= 4 is 49.7 Å². The van der Waals surface area contributed by atoms with E-state index in [1.54, 1.807) is 46.0 Å². The second-order valence-electron chi connectivity index (χ2n) is 9.80. The predicted molar refractivity (Wildman–Crippen MR) is 141 cm³/mol. The number of likely N-dealkylation sites (tertiary alicyclic amines) is 1. The minimum Gasteiger partial charge on any atom is -0.355 e. The van der Waals surface area contributed by atoms with Crippen LogP contribution >= 0.6 is 11.3 Å². The number of nitrogens with zero attached hydrogens (tertiary/aromatic N) is 3. The van der Waals surface area contributed by atoms with Crippen LogP contribution in [0.2, 0.25) is 0 Å². The summed E-state index contributed by atoms with van der Waals surface area (Å²) in [7, 11) is 0. The first-order valence-electron chi connectivity index (χ1n) is 12.0. The number of anilines is 2. The van der Waals surface area contributed by atoms with Gasteiger partial charge in [0.15, 0.2) is 5.82 Å². The smallest absolute Gasteiger partial charge is 0.253 e. The first-order chi connectivity index (χ1) is 18.0. The first kappa shape index (κ1) is 22.3. The van der Waals surface area contributed by atoms with Crippen molar-refractivity contribution in [3.8, 4) is 11.1 Å². The average Bonchev–Trinajstić information content (AvgIpc) is 3.31. The highest BCUT2D eigenvalue weighted by Gasteiger charge is 2.49. The van der Waals surface area contributed by atoms with Gasteiger partial charge in [-0.3, -0.25) is 9.78 Å². The van der Waals surface area contributed by atoms with E-state index in [9.17, 15) is 4.79 Å². The Bertz CT molecular complexity index is 1710. The molecule has 0 radical (unpaired) electrons. The quantitative estimate of drug-likeness (QED) is 0.328. The van der Waals surface area contributed by atoms with Crippen molar-refractivity contribution in [2.45, 2.75) is 0 Å². The SMILES string of the molecule is O=C(c1ccc(-c2ccc3c(Nc4ccc5scnc5c4)ccnc3c2F)c(F)c1)N1CC2(CNC2)C1. The summed E-state index contributed by atoms with van der Waals surface area (Å²) in [5, 5.41) is 7.13. The molecular weight excluding hydrogens is 492 g/mol. The van der Waals surface area contributed by atoms with Gasteiger partial charge in [-0.1, -0.05) is 12.1 Å². The molecule has 3 aromatic carbocycles. The Morgan fingerprint density at radius 1 is 1.00 bits per heavy atom. The number of nitrogens with one attached hydrogen (secondary N) is 2. The molecule has 184 valence electrons. The van der Waals surface area contributed by atoms with Crippen LogP contribution in [0.3, 0.4) is 0 Å². The van der Waals surface area contributed by atoms with Gasteiger partial charge in [0.2, 0.25) is 0 Å². The van der Waals surface area contributed by atoms with Gasteiger partial charge >= 0.3 is 0 Å². The molecule has 2 aliphatic heterocycles. The largest absolute Gasteiger partial charge is 0.355 e. The van der Waals surface area contributed by atoms with Gasteiger partial charge in [-0.2, -0.15) is 0 Å². The van der Waals surface area contributed by atoms with Gasteiger partial charge in [0.05, 0.1) is 15.7 Å². The maximum absolute atomic E-state index is 15.7. The number of hydrogen-bond acceptors (Lipinski definition) is 6. The van der Waals surface area contributed by atoms with E-state index in [4.69, 9.17) is 0 Å². The molecule has 6 nitrogen and oxygen atoms in total. The van der Waals surface area contributed by atoms with Crippen LogP contribution < -0.4 is 10.6 Å². The van der Waals surface area contributed by atoms with Crippen LogP contribution in [-0.2, 0) is 0 Å². The molecule has 4 heterocycles. The standard InChI is InChI=1S/C28H21F2N5OS/c29-21-9-16(27(36)35-13-28(14-35)11-31-12-28)1-3-18(21)19-4-5-20-22(7-8-32-26(20)25(19)30)34-17-2-6-24-23(10-17)33-15-37-24/h1-10,15,31H,11-14H2,(H,32,34). The van der Waals surface area contributed by atoms with E-state index in [0.29, 0.717) is 24.2 Å². The third kappa shape index (κ3) is 3.65. The number of aromatic nitrogens is 2. The Balaban J connectivity index is 1.18. The van der Waals surface area contributed by atoms with Crippen LogP contribution in [0, 0.1) is 17.0 Å². The summed E-state index contributed by atoms with van der Waals surface area (Å²) < 4.78 is 31.9. The van der Waals surface area contributed by atoms with Crippen molar-refractivity contribution in [2.75, 3.05) is 31.5 Å². The van der Waals surface area contributed by atoms with Gasteiger partial charge in [0, 0.05) is 71.2 Å². The average molecular weight is 514 g/mol. The van der Waals surface area contributed by atoms with Gasteiger partial charge in [-0.05, 0) is 42.5 Å². The van der Waals surface area contributed by atoms with Gasteiger partial charge in [-0.15, -0.1) is 11.3 Å². The van der Waals surface area contributed by atoms with Crippen LogP contribution in [-0.4, -0.2) is 47.0 Å². The highest BCUT2D eigenvalue weighted by Crippen LogP contribution is 2.37. The van der Waals surface area contributed by atoms with Gasteiger partial charge < -0.3 is 15.5 Å². The molecule has 2 fully saturated rings. The Morgan fingerprint density at radius 3 is 2.62 bits per heavy atom. The Morgan fingerprint density at radius 2 is 1.84 bits per heavy atom. The second-order valence-corrected chi connectivity index (χ2v) is 10.7. The molecule has 2 N–H and O–H groups in total. The number of amides is 1. The molecule has 37 heavy (non-hydrogen) atoms. The van der Waals surface area contributed by atoms with Crippen LogP contribution in [0.1, 0.15) is 10.4 Å². The van der Waals surface area contributed by atoms with E-state index >= 15 is 8.78 Å². The normalized spacial score (nSPS) is 16.1. The van der Waals surface area contributed by atoms with E-state index in [0.717, 1.165) is 29.0 Å². The molecule has 0 atom stereocenters. The number of halogens is 2. The second kappa shape index (κ2) is 8.29. The van der Waals surface area contributed by atoms with Crippen LogP contribution in [0.4, 0.5) is 20.2 Å². The zero-order chi connectivity index (χ0) is 25.1. The lowest BCUT2D eigenvalue weighted by atomic mass is 9.74. The highest BCUT2D eigenvalue weighted by molar-refractivity contribution is 7.16. The summed E-state index contributed by atoms with van der Waals surface area (Å²) in [5.74, 6) is -1.46. The van der Waals surface area contributed by atoms with Gasteiger partial charge in [-0.25, -0.2) is 13.8 Å². The van der Waals surface area contributed by atoms with E-state index in [1.165, 1.54) is 18.3 Å². The van der Waals surface area contributed by atoms with Gasteiger partial charge in [0.1, 0.15) is 11.3 Å². The summed E-state index contributed by atoms with van der Waals surface area (Å²) in [6.07, 6.45) is 1.52. The van der Waals surface area contributed by atoms with Gasteiger partial charge in [0.25, 0.3) is 5.91 Å². The monoisotopic (exact) mass is 513 g/mol. The molecule has 2 saturated heterocycles. The van der Waals surface area contributed by atoms with Crippen molar-refractivity contribution < 1.29 is 13.6 Å². The lowest BCUT2D eigenvalue weighted by molar-refractivity contribution is -0.0248. The first-order valence-corrected chi connectivity index (χ1v) is 12.9. The van der Waals surface area contributed by atoms with Crippen molar-refractivity contribution in [3.63, 3.8) is 0 Å². The highest BCUT2D eigenvalue weighted by atomic mass is 32.1. The number of pyridine rings is 1. The number of carbonyl (C=O) groups is 1. The van der Waals surface area contributed by atoms with E-state index in [-0.39, 0.29) is 33.5 Å². The minimum absolute atomic E-state index is 0.0911. The molecule has 0 bridgehead atoms. The lowest BCUT2D eigenvalue weighted by Gasteiger charge is -2.56. The molecule has 1 amide bonds. The fraction of sp³-hybridized carbons (Fsp3) is 0.179. The summed E-state index contributed by atoms with van der Waals surface area (Å²) in [4.78, 5) is 23.1. The molecule has 2 aliphatic rings. The molecule has 1 spiro atoms. The molecule has 0 unspecified atom stereocenters. The van der Waals surface area contributed by atoms with Crippen molar-refractivity contribution in [1.29, 1.82) is 0 Å². The summed E-state index contributed by atoms with van der Waals surface area (Å²) in [5.41, 5.74) is 4.97. The van der Waals surface area contributed by atoms with E-state index < -0.39 is 11.6 Å². The maximum atomic E-state index is 15.7. The topological polar surface area (TPSA) is 70.2 Å².